The summed E-state index contributed by atoms with van der Waals surface area (Å²) in [6.07, 6.45) is 15.8. The Bertz CT molecular complexity index is 286. The van der Waals surface area contributed by atoms with Crippen LogP contribution in [0.25, 0.3) is 0 Å². The van der Waals surface area contributed by atoms with Crippen LogP contribution in [0.4, 0.5) is 0 Å². The summed E-state index contributed by atoms with van der Waals surface area (Å²) >= 11 is 0. The number of rotatable bonds is 3. The van der Waals surface area contributed by atoms with Crippen LogP contribution in [0.15, 0.2) is 37.5 Å². The Labute approximate surface area is 120 Å². The first-order valence-corrected chi connectivity index (χ1v) is 8.05. The molecule has 1 aliphatic rings. The number of allylic oxidation sites excluding steroid dienone is 3. The molecule has 3 unspecified atom stereocenters. The highest BCUT2D eigenvalue weighted by molar-refractivity contribution is 4.96. The summed E-state index contributed by atoms with van der Waals surface area (Å²) in [6.45, 7) is 14.6. The van der Waals surface area contributed by atoms with Crippen LogP contribution in [0, 0.1) is 17.8 Å². The fraction of sp³-hybridized carbons (Fsp3) is 0.684. The van der Waals surface area contributed by atoms with Crippen LogP contribution in [0.1, 0.15) is 64.7 Å². The summed E-state index contributed by atoms with van der Waals surface area (Å²) in [5.41, 5.74) is 1.46. The Kier molecular flexibility index (Phi) is 7.86. The van der Waals surface area contributed by atoms with Crippen LogP contribution < -0.4 is 0 Å². The van der Waals surface area contributed by atoms with Gasteiger partial charge >= 0.3 is 0 Å². The fourth-order valence-electron chi connectivity index (χ4n) is 3.18. The quantitative estimate of drug-likeness (QED) is 0.522. The van der Waals surface area contributed by atoms with E-state index in [1.165, 1.54) is 56.9 Å². The van der Waals surface area contributed by atoms with Crippen LogP contribution in [0.5, 0.6) is 0 Å². The van der Waals surface area contributed by atoms with Crippen LogP contribution in [-0.4, -0.2) is 0 Å². The number of hydrogen-bond acceptors (Lipinski definition) is 0. The Balaban J connectivity index is 2.61. The predicted octanol–water partition coefficient (Wildman–Crippen LogP) is 6.31. The maximum Gasteiger partial charge on any atom is -0.0233 e. The van der Waals surface area contributed by atoms with Gasteiger partial charge in [0.1, 0.15) is 0 Å². The molecule has 0 spiro atoms. The van der Waals surface area contributed by atoms with E-state index >= 15 is 0 Å². The molecule has 0 bridgehead atoms. The van der Waals surface area contributed by atoms with E-state index in [-0.39, 0.29) is 0 Å². The molecule has 0 heteroatoms. The summed E-state index contributed by atoms with van der Waals surface area (Å²) in [5.74, 6) is 2.32. The molecule has 19 heavy (non-hydrogen) atoms. The number of hydrogen-bond donors (Lipinski definition) is 0. The lowest BCUT2D eigenvalue weighted by Crippen LogP contribution is -2.09. The van der Waals surface area contributed by atoms with Gasteiger partial charge in [-0.05, 0) is 62.7 Å². The van der Waals surface area contributed by atoms with Gasteiger partial charge in [0, 0.05) is 0 Å². The molecule has 1 saturated carbocycles. The highest BCUT2D eigenvalue weighted by atomic mass is 14.2. The lowest BCUT2D eigenvalue weighted by atomic mass is 9.83. The van der Waals surface area contributed by atoms with Crippen molar-refractivity contribution in [3.05, 3.63) is 37.5 Å². The molecule has 1 fully saturated rings. The zero-order valence-electron chi connectivity index (χ0n) is 12.9. The summed E-state index contributed by atoms with van der Waals surface area (Å²) in [5, 5.41) is 0. The maximum atomic E-state index is 4.26. The van der Waals surface area contributed by atoms with E-state index < -0.39 is 0 Å². The molecule has 0 radical (unpaired) electrons. The molecule has 1 aliphatic carbocycles. The minimum absolute atomic E-state index is 0.699. The summed E-state index contributed by atoms with van der Waals surface area (Å²) in [4.78, 5) is 0. The Morgan fingerprint density at radius 1 is 1.11 bits per heavy atom. The molecule has 0 aromatic heterocycles. The summed E-state index contributed by atoms with van der Waals surface area (Å²) in [6, 6.07) is 0. The lowest BCUT2D eigenvalue weighted by Gasteiger charge is -2.23. The second-order valence-electron chi connectivity index (χ2n) is 6.49. The van der Waals surface area contributed by atoms with E-state index in [1.54, 1.807) is 0 Å². The first-order valence-electron chi connectivity index (χ1n) is 8.05. The Morgan fingerprint density at radius 2 is 1.84 bits per heavy atom. The molecule has 3 atom stereocenters. The van der Waals surface area contributed by atoms with Gasteiger partial charge in [0.15, 0.2) is 0 Å². The van der Waals surface area contributed by atoms with Crippen molar-refractivity contribution < 1.29 is 0 Å². The first-order chi connectivity index (χ1) is 9.15. The third-order valence-corrected chi connectivity index (χ3v) is 4.64. The van der Waals surface area contributed by atoms with E-state index in [0.717, 1.165) is 18.3 Å². The molecule has 0 heterocycles. The minimum atomic E-state index is 0.699. The molecule has 108 valence electrons. The van der Waals surface area contributed by atoms with Gasteiger partial charge < -0.3 is 0 Å². The second-order valence-corrected chi connectivity index (χ2v) is 6.49. The highest BCUT2D eigenvalue weighted by Crippen LogP contribution is 2.30. The van der Waals surface area contributed by atoms with Crippen molar-refractivity contribution in [1.29, 1.82) is 0 Å². The third kappa shape index (κ3) is 6.80. The van der Waals surface area contributed by atoms with Gasteiger partial charge in [0.05, 0.1) is 0 Å². The maximum absolute atomic E-state index is 4.26. The smallest absolute Gasteiger partial charge is 0.0233 e. The topological polar surface area (TPSA) is 0 Å². The van der Waals surface area contributed by atoms with Gasteiger partial charge in [-0.1, -0.05) is 44.1 Å². The minimum Gasteiger partial charge on any atom is -0.103 e. The van der Waals surface area contributed by atoms with E-state index in [2.05, 4.69) is 38.8 Å². The standard InChI is InChI=1S/C19H32/c1-5-8-19-14-13-17(4)12-11-16(3)9-7-10-18(6-2)15-19/h5-6,16,18-19H,1-2,4,7-15H2,3H3. The third-order valence-electron chi connectivity index (χ3n) is 4.64. The SMILES string of the molecule is C=CCC1CCC(=C)CCC(C)CCCC(C=C)C1. The van der Waals surface area contributed by atoms with Crippen LogP contribution in [-0.2, 0) is 0 Å². The largest absolute Gasteiger partial charge is 0.103 e. The van der Waals surface area contributed by atoms with E-state index in [4.69, 9.17) is 0 Å². The normalized spacial score (nSPS) is 31.0. The van der Waals surface area contributed by atoms with Crippen molar-refractivity contribution in [2.75, 3.05) is 0 Å². The molecule has 0 amide bonds. The molecule has 0 N–H and O–H groups in total. The molecule has 0 aliphatic heterocycles. The average molecular weight is 260 g/mol. The van der Waals surface area contributed by atoms with Gasteiger partial charge in [-0.15, -0.1) is 13.2 Å². The molecule has 0 aromatic carbocycles. The van der Waals surface area contributed by atoms with Crippen molar-refractivity contribution >= 4 is 0 Å². The predicted molar refractivity (Wildman–Crippen MR) is 87.2 cm³/mol. The van der Waals surface area contributed by atoms with Gasteiger partial charge in [0.25, 0.3) is 0 Å². The Hall–Kier alpha value is -0.780. The molecular formula is C19H32. The lowest BCUT2D eigenvalue weighted by molar-refractivity contribution is 0.352. The van der Waals surface area contributed by atoms with E-state index in [9.17, 15) is 0 Å². The van der Waals surface area contributed by atoms with Gasteiger partial charge in [-0.2, -0.15) is 0 Å². The second kappa shape index (κ2) is 9.18. The average Bonchev–Trinajstić information content (AvgIpc) is 2.40. The van der Waals surface area contributed by atoms with Crippen LogP contribution >= 0.6 is 0 Å². The summed E-state index contributed by atoms with van der Waals surface area (Å²) in [7, 11) is 0. The van der Waals surface area contributed by atoms with Crippen molar-refractivity contribution in [2.24, 2.45) is 17.8 Å². The van der Waals surface area contributed by atoms with Crippen molar-refractivity contribution in [2.45, 2.75) is 64.7 Å². The van der Waals surface area contributed by atoms with Crippen LogP contribution in [0.2, 0.25) is 0 Å². The fourth-order valence-corrected chi connectivity index (χ4v) is 3.18. The summed E-state index contributed by atoms with van der Waals surface area (Å²) < 4.78 is 0. The van der Waals surface area contributed by atoms with Crippen molar-refractivity contribution in [3.63, 3.8) is 0 Å². The van der Waals surface area contributed by atoms with E-state index in [0.29, 0.717) is 5.92 Å². The van der Waals surface area contributed by atoms with Crippen molar-refractivity contribution in [1.82, 2.24) is 0 Å². The monoisotopic (exact) mass is 260 g/mol. The highest BCUT2D eigenvalue weighted by Gasteiger charge is 2.15. The molecule has 0 aromatic rings. The van der Waals surface area contributed by atoms with Crippen LogP contribution in [0.3, 0.4) is 0 Å². The molecule has 0 nitrogen and oxygen atoms in total. The molecule has 0 saturated heterocycles. The van der Waals surface area contributed by atoms with Gasteiger partial charge in [-0.3, -0.25) is 0 Å². The Morgan fingerprint density at radius 3 is 2.53 bits per heavy atom. The van der Waals surface area contributed by atoms with Gasteiger partial charge in [-0.25, -0.2) is 0 Å². The zero-order valence-corrected chi connectivity index (χ0v) is 12.9. The molecular weight excluding hydrogens is 228 g/mol. The first kappa shape index (κ1) is 16.3. The molecule has 1 rings (SSSR count). The van der Waals surface area contributed by atoms with E-state index in [1.807, 2.05) is 0 Å². The van der Waals surface area contributed by atoms with Crippen molar-refractivity contribution in [3.8, 4) is 0 Å². The van der Waals surface area contributed by atoms with Gasteiger partial charge in [0.2, 0.25) is 0 Å². The zero-order chi connectivity index (χ0) is 14.1.